The lowest BCUT2D eigenvalue weighted by Crippen LogP contribution is -2.38. The van der Waals surface area contributed by atoms with Crippen molar-refractivity contribution in [2.45, 2.75) is 25.4 Å². The Labute approximate surface area is 157 Å². The van der Waals surface area contributed by atoms with Gasteiger partial charge in [0.15, 0.2) is 0 Å². The number of fused-ring (bicyclic) bond motifs is 1. The molecule has 0 aliphatic carbocycles. The molecule has 1 aliphatic rings. The van der Waals surface area contributed by atoms with Gasteiger partial charge in [0.25, 0.3) is 0 Å². The molecule has 7 nitrogen and oxygen atoms in total. The third-order valence-corrected chi connectivity index (χ3v) is 4.92. The van der Waals surface area contributed by atoms with E-state index in [-0.39, 0.29) is 5.91 Å². The van der Waals surface area contributed by atoms with Gasteiger partial charge in [-0.2, -0.15) is 0 Å². The Balaban J connectivity index is 1.76. The molecule has 1 N–H and O–H groups in total. The third kappa shape index (κ3) is 3.31. The van der Waals surface area contributed by atoms with E-state index in [9.17, 15) is 4.79 Å². The molecule has 0 bridgehead atoms. The predicted molar refractivity (Wildman–Crippen MR) is 102 cm³/mol. The van der Waals surface area contributed by atoms with Gasteiger partial charge in [-0.15, -0.1) is 0 Å². The molecule has 4 rings (SSSR count). The Hall–Kier alpha value is -2.77. The quantitative estimate of drug-likeness (QED) is 0.768. The summed E-state index contributed by atoms with van der Waals surface area (Å²) in [5.41, 5.74) is 1.27. The topological polar surface area (TPSA) is 78.3 Å². The second-order valence-corrected chi connectivity index (χ2v) is 6.73. The van der Waals surface area contributed by atoms with Crippen LogP contribution >= 0.6 is 0 Å². The first kappa shape index (κ1) is 17.6. The first-order valence-electron chi connectivity index (χ1n) is 8.97. The number of amides is 1. The minimum absolute atomic E-state index is 0.153. The Kier molecular flexibility index (Phi) is 4.63. The van der Waals surface area contributed by atoms with Gasteiger partial charge in [0, 0.05) is 44.5 Å². The van der Waals surface area contributed by atoms with E-state index in [0.29, 0.717) is 12.4 Å². The lowest BCUT2D eigenvalue weighted by atomic mass is 9.92. The SMILES string of the molecule is COC1(c2cccc(-n3ccc4cnc(NC(C)=O)cc43)n2)CCCOC1. The number of carbonyl (C=O) groups excluding carboxylic acids is 1. The number of rotatable bonds is 4. The van der Waals surface area contributed by atoms with Crippen molar-refractivity contribution in [3.05, 3.63) is 48.4 Å². The normalized spacial score (nSPS) is 19.9. The van der Waals surface area contributed by atoms with Crippen molar-refractivity contribution in [2.75, 3.05) is 25.6 Å². The largest absolute Gasteiger partial charge is 0.378 e. The van der Waals surface area contributed by atoms with Crippen LogP contribution in [0.15, 0.2) is 42.7 Å². The summed E-state index contributed by atoms with van der Waals surface area (Å²) in [6.07, 6.45) is 5.51. The molecular weight excluding hydrogens is 344 g/mol. The number of carbonyl (C=O) groups is 1. The van der Waals surface area contributed by atoms with Gasteiger partial charge in [-0.1, -0.05) is 6.07 Å². The highest BCUT2D eigenvalue weighted by Crippen LogP contribution is 2.33. The molecule has 1 amide bonds. The molecule has 140 valence electrons. The highest BCUT2D eigenvalue weighted by Gasteiger charge is 2.36. The molecule has 27 heavy (non-hydrogen) atoms. The van der Waals surface area contributed by atoms with Crippen LogP contribution in [0.5, 0.6) is 0 Å². The van der Waals surface area contributed by atoms with Crippen LogP contribution in [0.4, 0.5) is 5.82 Å². The van der Waals surface area contributed by atoms with Gasteiger partial charge in [0.2, 0.25) is 5.91 Å². The second kappa shape index (κ2) is 7.09. The van der Waals surface area contributed by atoms with Gasteiger partial charge in [-0.3, -0.25) is 4.79 Å². The van der Waals surface area contributed by atoms with Crippen molar-refractivity contribution < 1.29 is 14.3 Å². The van der Waals surface area contributed by atoms with E-state index >= 15 is 0 Å². The average Bonchev–Trinajstić information content (AvgIpc) is 3.11. The third-order valence-electron chi connectivity index (χ3n) is 4.92. The maximum absolute atomic E-state index is 11.3. The summed E-state index contributed by atoms with van der Waals surface area (Å²) >= 11 is 0. The number of nitrogens with zero attached hydrogens (tertiary/aromatic N) is 3. The lowest BCUT2D eigenvalue weighted by molar-refractivity contribution is -0.117. The molecule has 3 aromatic heterocycles. The number of ether oxygens (including phenoxy) is 2. The van der Waals surface area contributed by atoms with Gasteiger partial charge < -0.3 is 19.4 Å². The highest BCUT2D eigenvalue weighted by atomic mass is 16.5. The van der Waals surface area contributed by atoms with Gasteiger partial charge in [0.1, 0.15) is 17.2 Å². The zero-order valence-electron chi connectivity index (χ0n) is 15.4. The number of aromatic nitrogens is 3. The maximum Gasteiger partial charge on any atom is 0.222 e. The van der Waals surface area contributed by atoms with E-state index in [2.05, 4.69) is 10.3 Å². The first-order chi connectivity index (χ1) is 13.1. The standard InChI is InChI=1S/C20H22N4O3/c1-14(25)22-18-11-16-15(12-21-18)7-9-24(16)19-6-3-5-17(23-19)20(26-2)8-4-10-27-13-20/h3,5-7,9,11-12H,4,8,10,13H2,1-2H3,(H,21,22,25). The molecule has 1 saturated heterocycles. The maximum atomic E-state index is 11.3. The zero-order chi connectivity index (χ0) is 18.9. The van der Waals surface area contributed by atoms with Gasteiger partial charge >= 0.3 is 0 Å². The molecule has 0 saturated carbocycles. The lowest BCUT2D eigenvalue weighted by Gasteiger charge is -2.35. The van der Waals surface area contributed by atoms with Crippen molar-refractivity contribution >= 4 is 22.6 Å². The Morgan fingerprint density at radius 1 is 1.37 bits per heavy atom. The van der Waals surface area contributed by atoms with Gasteiger partial charge in [-0.05, 0) is 31.0 Å². The average molecular weight is 366 g/mol. The van der Waals surface area contributed by atoms with Crippen LogP contribution in [-0.2, 0) is 19.9 Å². The van der Waals surface area contributed by atoms with Crippen molar-refractivity contribution in [2.24, 2.45) is 0 Å². The van der Waals surface area contributed by atoms with E-state index in [4.69, 9.17) is 14.5 Å². The monoisotopic (exact) mass is 366 g/mol. The predicted octanol–water partition coefficient (Wildman–Crippen LogP) is 3.03. The number of methoxy groups -OCH3 is 1. The summed E-state index contributed by atoms with van der Waals surface area (Å²) in [5.74, 6) is 1.14. The van der Waals surface area contributed by atoms with Crippen LogP contribution in [0.1, 0.15) is 25.5 Å². The fourth-order valence-corrected chi connectivity index (χ4v) is 3.52. The summed E-state index contributed by atoms with van der Waals surface area (Å²) in [7, 11) is 1.71. The molecule has 7 heteroatoms. The highest BCUT2D eigenvalue weighted by molar-refractivity contribution is 5.91. The number of nitrogens with one attached hydrogen (secondary N) is 1. The molecule has 0 aromatic carbocycles. The van der Waals surface area contributed by atoms with Crippen molar-refractivity contribution in [1.29, 1.82) is 0 Å². The number of hydrogen-bond acceptors (Lipinski definition) is 5. The number of pyridine rings is 2. The van der Waals surface area contributed by atoms with Crippen molar-refractivity contribution in [3.63, 3.8) is 0 Å². The van der Waals surface area contributed by atoms with Crippen LogP contribution in [0.3, 0.4) is 0 Å². The van der Waals surface area contributed by atoms with Crippen molar-refractivity contribution in [3.8, 4) is 5.82 Å². The second-order valence-electron chi connectivity index (χ2n) is 6.73. The molecule has 1 fully saturated rings. The van der Waals surface area contributed by atoms with E-state index in [1.165, 1.54) is 6.92 Å². The van der Waals surface area contributed by atoms with Crippen LogP contribution in [0.2, 0.25) is 0 Å². The molecule has 4 heterocycles. The number of anilines is 1. The van der Waals surface area contributed by atoms with Gasteiger partial charge in [-0.25, -0.2) is 9.97 Å². The minimum atomic E-state index is -0.514. The molecule has 1 atom stereocenters. The Morgan fingerprint density at radius 3 is 3.00 bits per heavy atom. The van der Waals surface area contributed by atoms with Crippen LogP contribution in [0, 0.1) is 0 Å². The first-order valence-corrected chi connectivity index (χ1v) is 8.97. The van der Waals surface area contributed by atoms with E-state index in [0.717, 1.165) is 41.9 Å². The molecular formula is C20H22N4O3. The Morgan fingerprint density at radius 2 is 2.26 bits per heavy atom. The minimum Gasteiger partial charge on any atom is -0.378 e. The fraction of sp³-hybridized carbons (Fsp3) is 0.350. The van der Waals surface area contributed by atoms with Crippen LogP contribution in [0.25, 0.3) is 16.7 Å². The molecule has 0 spiro atoms. The smallest absolute Gasteiger partial charge is 0.222 e. The molecule has 0 radical (unpaired) electrons. The molecule has 3 aromatic rings. The van der Waals surface area contributed by atoms with Crippen LogP contribution < -0.4 is 5.32 Å². The summed E-state index contributed by atoms with van der Waals surface area (Å²) < 4.78 is 13.5. The fourth-order valence-electron chi connectivity index (χ4n) is 3.52. The van der Waals surface area contributed by atoms with E-state index in [1.54, 1.807) is 13.3 Å². The van der Waals surface area contributed by atoms with E-state index < -0.39 is 5.60 Å². The summed E-state index contributed by atoms with van der Waals surface area (Å²) in [5, 5.41) is 3.69. The number of hydrogen-bond donors (Lipinski definition) is 1. The van der Waals surface area contributed by atoms with Gasteiger partial charge in [0.05, 0.1) is 17.8 Å². The summed E-state index contributed by atoms with van der Waals surface area (Å²) in [4.78, 5) is 20.5. The molecule has 1 unspecified atom stereocenters. The summed E-state index contributed by atoms with van der Waals surface area (Å²) in [6, 6.07) is 9.74. The summed E-state index contributed by atoms with van der Waals surface area (Å²) in [6.45, 7) is 2.72. The Bertz CT molecular complexity index is 976. The van der Waals surface area contributed by atoms with E-state index in [1.807, 2.05) is 41.1 Å². The van der Waals surface area contributed by atoms with Crippen LogP contribution in [-0.4, -0.2) is 40.8 Å². The molecule has 1 aliphatic heterocycles. The zero-order valence-corrected chi connectivity index (χ0v) is 15.4. The van der Waals surface area contributed by atoms with Crippen molar-refractivity contribution in [1.82, 2.24) is 14.5 Å².